The Bertz CT molecular complexity index is 314. The van der Waals surface area contributed by atoms with Gasteiger partial charge in [-0.3, -0.25) is 9.59 Å². The van der Waals surface area contributed by atoms with Crippen molar-refractivity contribution >= 4 is 12.6 Å². The fourth-order valence-corrected chi connectivity index (χ4v) is 1.02. The molecule has 0 unspecified atom stereocenters. The molecular weight excluding hydrogens is 172 g/mol. The number of aldehydes is 2. The lowest BCUT2D eigenvalue weighted by atomic mass is 10.1. The minimum absolute atomic E-state index is 0.00801. The summed E-state index contributed by atoms with van der Waals surface area (Å²) in [5, 5.41) is 18.0. The Morgan fingerprint density at radius 2 is 1.62 bits per heavy atom. The average molecular weight is 180 g/mol. The van der Waals surface area contributed by atoms with E-state index in [2.05, 4.69) is 0 Å². The third-order valence-corrected chi connectivity index (χ3v) is 1.67. The van der Waals surface area contributed by atoms with Crippen LogP contribution in [0.2, 0.25) is 0 Å². The summed E-state index contributed by atoms with van der Waals surface area (Å²) in [6, 6.07) is 2.66. The van der Waals surface area contributed by atoms with Crippen LogP contribution in [0.15, 0.2) is 12.1 Å². The van der Waals surface area contributed by atoms with Gasteiger partial charge in [-0.15, -0.1) is 0 Å². The van der Waals surface area contributed by atoms with Gasteiger partial charge in [-0.05, 0) is 17.7 Å². The van der Waals surface area contributed by atoms with E-state index in [1.165, 1.54) is 12.1 Å². The molecule has 0 radical (unpaired) electrons. The van der Waals surface area contributed by atoms with Crippen LogP contribution in [0.3, 0.4) is 0 Å². The van der Waals surface area contributed by atoms with E-state index in [0.29, 0.717) is 18.1 Å². The van der Waals surface area contributed by atoms with E-state index in [1.54, 1.807) is 0 Å². The van der Waals surface area contributed by atoms with E-state index >= 15 is 0 Å². The Hall–Kier alpha value is -1.68. The fraction of sp³-hybridized carbons (Fsp3) is 0.111. The molecular formula is C9H8O4. The van der Waals surface area contributed by atoms with Gasteiger partial charge in [0.05, 0.1) is 17.7 Å². The van der Waals surface area contributed by atoms with Crippen LogP contribution >= 0.6 is 0 Å². The van der Waals surface area contributed by atoms with Crippen molar-refractivity contribution in [3.05, 3.63) is 28.8 Å². The smallest absolute Gasteiger partial charge is 0.153 e. The first kappa shape index (κ1) is 9.41. The van der Waals surface area contributed by atoms with Crippen LogP contribution in [0.25, 0.3) is 0 Å². The van der Waals surface area contributed by atoms with Gasteiger partial charge >= 0.3 is 0 Å². The van der Waals surface area contributed by atoms with Crippen LogP contribution in [0, 0.1) is 0 Å². The third kappa shape index (κ3) is 1.73. The monoisotopic (exact) mass is 180 g/mol. The Labute approximate surface area is 74.4 Å². The molecule has 2 N–H and O–H groups in total. The highest BCUT2D eigenvalue weighted by molar-refractivity contribution is 5.88. The Balaban J connectivity index is 3.36. The van der Waals surface area contributed by atoms with Crippen LogP contribution in [0.1, 0.15) is 26.3 Å². The van der Waals surface area contributed by atoms with E-state index in [1.807, 2.05) is 0 Å². The molecule has 4 heteroatoms. The zero-order chi connectivity index (χ0) is 9.84. The zero-order valence-electron chi connectivity index (χ0n) is 6.73. The van der Waals surface area contributed by atoms with Crippen molar-refractivity contribution in [2.24, 2.45) is 0 Å². The standard InChI is InChI=1S/C9H8O4/c10-3-6-1-7(4-11)9(13)8(2-6)5-12/h1-2,4-5,10,13H,3H2. The highest BCUT2D eigenvalue weighted by Gasteiger charge is 2.07. The molecule has 4 nitrogen and oxygen atoms in total. The molecule has 0 bridgehead atoms. The maximum atomic E-state index is 10.4. The summed E-state index contributed by atoms with van der Waals surface area (Å²) >= 11 is 0. The van der Waals surface area contributed by atoms with Crippen LogP contribution in [-0.2, 0) is 6.61 Å². The number of aliphatic hydroxyl groups excluding tert-OH is 1. The van der Waals surface area contributed by atoms with Gasteiger partial charge in [0, 0.05) is 0 Å². The van der Waals surface area contributed by atoms with E-state index in [-0.39, 0.29) is 23.5 Å². The van der Waals surface area contributed by atoms with Gasteiger partial charge in [0.2, 0.25) is 0 Å². The predicted octanol–water partition coefficient (Wildman–Crippen LogP) is 0.510. The molecule has 0 spiro atoms. The lowest BCUT2D eigenvalue weighted by Gasteiger charge is -2.03. The van der Waals surface area contributed by atoms with Crippen LogP contribution in [0.4, 0.5) is 0 Å². The SMILES string of the molecule is O=Cc1cc(CO)cc(C=O)c1O. The molecule has 0 saturated carbocycles. The van der Waals surface area contributed by atoms with Gasteiger partial charge in [0.1, 0.15) is 5.75 Å². The lowest BCUT2D eigenvalue weighted by Crippen LogP contribution is -1.93. The molecule has 0 fully saturated rings. The zero-order valence-corrected chi connectivity index (χ0v) is 6.73. The Morgan fingerprint density at radius 3 is 1.92 bits per heavy atom. The molecule has 0 aromatic heterocycles. The molecule has 0 saturated heterocycles. The summed E-state index contributed by atoms with van der Waals surface area (Å²) in [4.78, 5) is 20.8. The second-order valence-corrected chi connectivity index (χ2v) is 2.52. The van der Waals surface area contributed by atoms with Crippen molar-refractivity contribution < 1.29 is 19.8 Å². The molecule has 1 aromatic rings. The lowest BCUT2D eigenvalue weighted by molar-refractivity contribution is 0.112. The minimum Gasteiger partial charge on any atom is -0.506 e. The van der Waals surface area contributed by atoms with Gasteiger partial charge in [-0.2, -0.15) is 0 Å². The van der Waals surface area contributed by atoms with Crippen molar-refractivity contribution in [3.8, 4) is 5.75 Å². The van der Waals surface area contributed by atoms with E-state index in [0.717, 1.165) is 0 Å². The van der Waals surface area contributed by atoms with Gasteiger partial charge in [-0.25, -0.2) is 0 Å². The Kier molecular flexibility index (Phi) is 2.76. The number of carbonyl (C=O) groups is 2. The molecule has 1 rings (SSSR count). The molecule has 0 aliphatic heterocycles. The molecule has 1 aromatic carbocycles. The second kappa shape index (κ2) is 3.82. The van der Waals surface area contributed by atoms with Crippen molar-refractivity contribution in [2.75, 3.05) is 0 Å². The summed E-state index contributed by atoms with van der Waals surface area (Å²) in [6.07, 6.45) is 0.864. The second-order valence-electron chi connectivity index (χ2n) is 2.52. The summed E-state index contributed by atoms with van der Waals surface area (Å²) in [7, 11) is 0. The highest BCUT2D eigenvalue weighted by atomic mass is 16.3. The first-order valence-electron chi connectivity index (χ1n) is 3.60. The maximum Gasteiger partial charge on any atom is 0.153 e. The molecule has 68 valence electrons. The fourth-order valence-electron chi connectivity index (χ4n) is 1.02. The number of phenols is 1. The Morgan fingerprint density at radius 1 is 1.15 bits per heavy atom. The van der Waals surface area contributed by atoms with E-state index in [4.69, 9.17) is 5.11 Å². The molecule has 0 atom stereocenters. The number of aliphatic hydroxyl groups is 1. The topological polar surface area (TPSA) is 74.6 Å². The maximum absolute atomic E-state index is 10.4. The quantitative estimate of drug-likeness (QED) is 0.664. The van der Waals surface area contributed by atoms with E-state index in [9.17, 15) is 14.7 Å². The highest BCUT2D eigenvalue weighted by Crippen LogP contribution is 2.21. The molecule has 0 aliphatic carbocycles. The normalized spacial score (nSPS) is 9.62. The number of carbonyl (C=O) groups excluding carboxylic acids is 2. The summed E-state index contributed by atoms with van der Waals surface area (Å²) in [6.45, 7) is -0.276. The summed E-state index contributed by atoms with van der Waals surface area (Å²) in [5.41, 5.74) is 0.435. The van der Waals surface area contributed by atoms with Crippen LogP contribution in [0.5, 0.6) is 5.75 Å². The van der Waals surface area contributed by atoms with Crippen molar-refractivity contribution in [1.82, 2.24) is 0 Å². The van der Waals surface area contributed by atoms with Crippen LogP contribution in [-0.4, -0.2) is 22.8 Å². The number of hydrogen-bond donors (Lipinski definition) is 2. The number of benzene rings is 1. The van der Waals surface area contributed by atoms with E-state index < -0.39 is 0 Å². The average Bonchev–Trinajstić information content (AvgIpc) is 2.18. The number of rotatable bonds is 3. The van der Waals surface area contributed by atoms with Gasteiger partial charge in [0.25, 0.3) is 0 Å². The van der Waals surface area contributed by atoms with Crippen molar-refractivity contribution in [1.29, 1.82) is 0 Å². The molecule has 0 amide bonds. The van der Waals surface area contributed by atoms with Gasteiger partial charge in [0.15, 0.2) is 12.6 Å². The molecule has 0 heterocycles. The number of phenolic OH excluding ortho intramolecular Hbond substituents is 1. The first-order chi connectivity index (χ1) is 6.22. The minimum atomic E-state index is -0.345. The van der Waals surface area contributed by atoms with Crippen molar-refractivity contribution in [2.45, 2.75) is 6.61 Å². The van der Waals surface area contributed by atoms with Gasteiger partial charge < -0.3 is 10.2 Å². The van der Waals surface area contributed by atoms with Crippen LogP contribution < -0.4 is 0 Å². The summed E-state index contributed by atoms with van der Waals surface area (Å²) < 4.78 is 0. The van der Waals surface area contributed by atoms with Gasteiger partial charge in [-0.1, -0.05) is 0 Å². The molecule has 0 aliphatic rings. The van der Waals surface area contributed by atoms with Crippen molar-refractivity contribution in [3.63, 3.8) is 0 Å². The first-order valence-corrected chi connectivity index (χ1v) is 3.60. The summed E-state index contributed by atoms with van der Waals surface area (Å²) in [5.74, 6) is -0.345. The third-order valence-electron chi connectivity index (χ3n) is 1.67. The predicted molar refractivity (Wildman–Crippen MR) is 44.8 cm³/mol. The largest absolute Gasteiger partial charge is 0.506 e. The number of hydrogen-bond acceptors (Lipinski definition) is 4. The molecule has 13 heavy (non-hydrogen) atoms. The number of aromatic hydroxyl groups is 1.